The Kier molecular flexibility index (Phi) is 19.0. The van der Waals surface area contributed by atoms with Gasteiger partial charge in [-0.25, -0.2) is 18.0 Å². The molecule has 4 aliphatic heterocycles. The third-order valence-corrected chi connectivity index (χ3v) is 11.7. The Morgan fingerprint density at radius 3 is 1.30 bits per heavy atom. The van der Waals surface area contributed by atoms with E-state index in [0.29, 0.717) is 0 Å². The van der Waals surface area contributed by atoms with Gasteiger partial charge in [-0.1, -0.05) is 6.92 Å². The molecule has 0 unspecified atom stereocenters. The fourth-order valence-electron chi connectivity index (χ4n) is 6.93. The standard InChI is InChI=1S/C27H46N2O33S4/c1-2-3-53-26-18(61-65(47,48)49)13(35)16(20(59-26)22(37)38)58-25-9(29-64(44,45)46)12(34)15(7(5-31)55-25)56-27-19(62-66(50,51)52)14(36)17(21(60-27)23(39)40)57-24-8(28-63(41,42)43)11(33)10(32)6(4-30)54-24/h6-21,24-36H,2-5H2,1H3,(H,37,38)(H,39,40)(H,41,42,43)(H,44,45,46)(H,47,48,49)(H,50,51,52)/t6-,7-,8-,9-,10-,11-,12-,13+,14+,15-,16+,17+,18-,19-,20-,21+,24-,25-,26-,27-/m1/s1. The summed E-state index contributed by atoms with van der Waals surface area (Å²) in [7, 11) is -22.3. The Hall–Kier alpha value is -2.18. The van der Waals surface area contributed by atoms with Gasteiger partial charge in [0, 0.05) is 6.61 Å². The molecule has 0 aliphatic carbocycles. The minimum absolute atomic E-state index is 0.184. The van der Waals surface area contributed by atoms with E-state index in [1.807, 2.05) is 0 Å². The number of ether oxygens (including phenoxy) is 8. The van der Waals surface area contributed by atoms with Crippen molar-refractivity contribution in [3.63, 3.8) is 0 Å². The first kappa shape index (κ1) is 56.4. The van der Waals surface area contributed by atoms with Gasteiger partial charge < -0.3 is 83.9 Å². The number of aliphatic carboxylic acids is 2. The quantitative estimate of drug-likeness (QED) is 0.0475. The number of carboxylic acid groups (broad SMARTS) is 2. The SMILES string of the molecule is CCCO[C@@H]1O[C@@H](C(=O)O)[C@@H](O[C@H]2O[C@H](CO)[C@@H](O[C@@H]3O[C@H](C(=O)O)[C@@H](O[C@H]4O[C@H](CO)[C@@H](O)[C@H](O)[C@H]4NS(=O)(=O)O)[C@H](O)[C@H]3OS(=O)(=O)O)[C@H](O)[C@H]2NS(=O)(=O)O)[C@H](O)[C@H]1OS(=O)(=O)O. The van der Waals surface area contributed by atoms with Crippen LogP contribution in [0.25, 0.3) is 0 Å². The lowest BCUT2D eigenvalue weighted by Gasteiger charge is -2.49. The maximum absolute atomic E-state index is 12.6. The summed E-state index contributed by atoms with van der Waals surface area (Å²) >= 11 is 0. The van der Waals surface area contributed by atoms with Crippen molar-refractivity contribution in [3.8, 4) is 0 Å². The molecule has 4 saturated heterocycles. The molecule has 20 atom stereocenters. The van der Waals surface area contributed by atoms with Crippen LogP contribution in [0.4, 0.5) is 0 Å². The zero-order chi connectivity index (χ0) is 50.0. The average Bonchev–Trinajstić information content (AvgIpc) is 3.17. The summed E-state index contributed by atoms with van der Waals surface area (Å²) in [5.74, 6) is -4.19. The molecule has 35 nitrogen and oxygen atoms in total. The van der Waals surface area contributed by atoms with Crippen LogP contribution in [-0.4, -0.2) is 252 Å². The normalized spacial score (nSPS) is 40.7. The van der Waals surface area contributed by atoms with Crippen LogP contribution in [0, 0.1) is 0 Å². The molecule has 66 heavy (non-hydrogen) atoms. The molecule has 0 aromatic heterocycles. The zero-order valence-electron chi connectivity index (χ0n) is 33.0. The molecule has 4 fully saturated rings. The van der Waals surface area contributed by atoms with E-state index in [9.17, 15) is 107 Å². The molecular formula is C27H46N2O33S4. The molecule has 0 bridgehead atoms. The lowest BCUT2D eigenvalue weighted by molar-refractivity contribution is -0.368. The smallest absolute Gasteiger partial charge is 0.397 e. The maximum Gasteiger partial charge on any atom is 0.397 e. The summed E-state index contributed by atoms with van der Waals surface area (Å²) in [5.41, 5.74) is 0. The van der Waals surface area contributed by atoms with Gasteiger partial charge in [-0.05, 0) is 6.42 Å². The Balaban J connectivity index is 1.72. The van der Waals surface area contributed by atoms with Gasteiger partial charge in [-0.2, -0.15) is 43.1 Å². The number of carbonyl (C=O) groups is 2. The van der Waals surface area contributed by atoms with Crippen LogP contribution < -0.4 is 9.44 Å². The number of hydrogen-bond donors (Lipinski definition) is 15. The highest BCUT2D eigenvalue weighted by Gasteiger charge is 2.59. The molecule has 15 N–H and O–H groups in total. The lowest BCUT2D eigenvalue weighted by Crippen LogP contribution is -2.70. The van der Waals surface area contributed by atoms with E-state index in [0.717, 1.165) is 0 Å². The summed E-state index contributed by atoms with van der Waals surface area (Å²) in [6.07, 6.45) is -44.5. The van der Waals surface area contributed by atoms with Crippen LogP contribution in [0.5, 0.6) is 0 Å². The summed E-state index contributed by atoms with van der Waals surface area (Å²) in [5, 5.41) is 94.8. The minimum atomic E-state index is -5.85. The summed E-state index contributed by atoms with van der Waals surface area (Å²) in [6, 6.07) is -4.91. The van der Waals surface area contributed by atoms with Crippen molar-refractivity contribution >= 4 is 53.3 Å². The third-order valence-electron chi connectivity index (χ3n) is 9.66. The van der Waals surface area contributed by atoms with Crippen molar-refractivity contribution in [1.82, 2.24) is 9.44 Å². The molecule has 0 radical (unpaired) electrons. The van der Waals surface area contributed by atoms with E-state index in [4.69, 9.17) is 37.9 Å². The number of aliphatic hydroxyl groups excluding tert-OH is 7. The first-order valence-corrected chi connectivity index (χ1v) is 24.0. The van der Waals surface area contributed by atoms with E-state index in [1.165, 1.54) is 16.4 Å². The highest BCUT2D eigenvalue weighted by atomic mass is 32.3. The number of nitrogens with one attached hydrogen (secondary N) is 2. The van der Waals surface area contributed by atoms with Crippen LogP contribution in [0.2, 0.25) is 0 Å². The summed E-state index contributed by atoms with van der Waals surface area (Å²) in [4.78, 5) is 24.9. The Bertz CT molecular complexity index is 2120. The zero-order valence-corrected chi connectivity index (χ0v) is 36.3. The van der Waals surface area contributed by atoms with E-state index in [2.05, 4.69) is 8.37 Å². The van der Waals surface area contributed by atoms with Gasteiger partial charge in [0.15, 0.2) is 49.6 Å². The number of aliphatic hydroxyl groups is 7. The molecule has 39 heteroatoms. The van der Waals surface area contributed by atoms with Crippen molar-refractivity contribution in [3.05, 3.63) is 0 Å². The Morgan fingerprint density at radius 1 is 0.515 bits per heavy atom. The highest BCUT2D eigenvalue weighted by molar-refractivity contribution is 7.84. The van der Waals surface area contributed by atoms with Gasteiger partial charge in [0.05, 0.1) is 13.2 Å². The fraction of sp³-hybridized carbons (Fsp3) is 0.926. The molecule has 4 heterocycles. The van der Waals surface area contributed by atoms with Gasteiger partial charge in [0.25, 0.3) is 0 Å². The van der Waals surface area contributed by atoms with Crippen molar-refractivity contribution in [2.75, 3.05) is 19.8 Å². The molecule has 0 aromatic rings. The van der Waals surface area contributed by atoms with Crippen molar-refractivity contribution in [1.29, 1.82) is 0 Å². The van der Waals surface area contributed by atoms with Crippen LogP contribution in [0.3, 0.4) is 0 Å². The molecule has 4 aliphatic rings. The first-order chi connectivity index (χ1) is 30.3. The Morgan fingerprint density at radius 2 is 0.909 bits per heavy atom. The molecule has 0 saturated carbocycles. The number of hydrogen-bond acceptors (Lipinski definition) is 27. The van der Waals surface area contributed by atoms with Crippen molar-refractivity contribution in [2.24, 2.45) is 0 Å². The largest absolute Gasteiger partial charge is 0.479 e. The van der Waals surface area contributed by atoms with Crippen LogP contribution >= 0.6 is 0 Å². The van der Waals surface area contributed by atoms with Crippen LogP contribution in [-0.2, 0) is 97.3 Å². The molecule has 386 valence electrons. The molecular weight excluding hydrogens is 1010 g/mol. The topological polar surface area (TPSA) is 550 Å². The van der Waals surface area contributed by atoms with E-state index >= 15 is 0 Å². The van der Waals surface area contributed by atoms with E-state index in [-0.39, 0.29) is 13.0 Å². The van der Waals surface area contributed by atoms with E-state index < -0.39 is 189 Å². The van der Waals surface area contributed by atoms with Gasteiger partial charge in [-0.3, -0.25) is 18.2 Å². The van der Waals surface area contributed by atoms with Gasteiger partial charge >= 0.3 is 53.3 Å². The Labute approximate surface area is 371 Å². The predicted octanol–water partition coefficient (Wildman–Crippen LogP) is -9.68. The molecule has 0 spiro atoms. The van der Waals surface area contributed by atoms with Crippen LogP contribution in [0.1, 0.15) is 13.3 Å². The van der Waals surface area contributed by atoms with Gasteiger partial charge in [0.1, 0.15) is 73.1 Å². The van der Waals surface area contributed by atoms with Gasteiger partial charge in [0.2, 0.25) is 0 Å². The monoisotopic (exact) mass is 1050 g/mol. The maximum atomic E-state index is 12.6. The van der Waals surface area contributed by atoms with Crippen molar-refractivity contribution in [2.45, 2.75) is 136 Å². The van der Waals surface area contributed by atoms with Crippen LogP contribution in [0.15, 0.2) is 0 Å². The van der Waals surface area contributed by atoms with Gasteiger partial charge in [-0.15, -0.1) is 0 Å². The number of carboxylic acids is 2. The molecule has 4 rings (SSSR count). The predicted molar refractivity (Wildman–Crippen MR) is 195 cm³/mol. The lowest BCUT2D eigenvalue weighted by atomic mass is 9.94. The average molecular weight is 1050 g/mol. The number of rotatable bonds is 21. The van der Waals surface area contributed by atoms with E-state index in [1.54, 1.807) is 0 Å². The second-order valence-corrected chi connectivity index (χ2v) is 18.8. The molecule has 0 amide bonds. The first-order valence-electron chi connectivity index (χ1n) is 18.4. The second-order valence-electron chi connectivity index (χ2n) is 14.3. The fourth-order valence-corrected chi connectivity index (χ4v) is 9.09. The molecule has 0 aromatic carbocycles. The third kappa shape index (κ3) is 14.4. The van der Waals surface area contributed by atoms with Crippen molar-refractivity contribution < 1.29 is 154 Å². The second kappa shape index (κ2) is 22.3. The summed E-state index contributed by atoms with van der Waals surface area (Å²) < 4.78 is 187. The minimum Gasteiger partial charge on any atom is -0.479 e. The highest BCUT2D eigenvalue weighted by Crippen LogP contribution is 2.36. The summed E-state index contributed by atoms with van der Waals surface area (Å²) in [6.45, 7) is -1.34.